The molecule has 1 saturated heterocycles. The number of halogens is 1. The number of nitrogens with zero attached hydrogens (tertiary/aromatic N) is 4. The van der Waals surface area contributed by atoms with Gasteiger partial charge in [-0.15, -0.1) is 6.42 Å². The first-order valence-corrected chi connectivity index (χ1v) is 5.98. The van der Waals surface area contributed by atoms with Crippen molar-refractivity contribution in [2.75, 3.05) is 12.3 Å². The summed E-state index contributed by atoms with van der Waals surface area (Å²) in [5, 5.41) is 19.4. The average Bonchev–Trinajstić information content (AvgIpc) is 2.99. The van der Waals surface area contributed by atoms with Crippen molar-refractivity contribution >= 4 is 17.0 Å². The molecule has 0 radical (unpaired) electrons. The zero-order valence-electron chi connectivity index (χ0n) is 11.7. The number of fused-ring (bicyclic) bond motifs is 1. The highest BCUT2D eigenvalue weighted by atomic mass is 19.1. The lowest BCUT2D eigenvalue weighted by molar-refractivity contribution is -0.0891. The van der Waals surface area contributed by atoms with E-state index >= 15 is 0 Å². The van der Waals surface area contributed by atoms with Crippen molar-refractivity contribution in [2.24, 2.45) is 0 Å². The number of rotatable bonds is 2. The maximum absolute atomic E-state index is 13.4. The van der Waals surface area contributed by atoms with Crippen LogP contribution in [-0.4, -0.2) is 48.0 Å². The maximum Gasteiger partial charge on any atom is 0.312 e. The van der Waals surface area contributed by atoms with Crippen molar-refractivity contribution < 1.29 is 20.7 Å². The van der Waals surface area contributed by atoms with Gasteiger partial charge in [0.25, 0.3) is 0 Å². The van der Waals surface area contributed by atoms with Gasteiger partial charge in [0, 0.05) is 6.42 Å². The van der Waals surface area contributed by atoms with Crippen molar-refractivity contribution in [1.82, 2.24) is 19.5 Å². The van der Waals surface area contributed by atoms with E-state index in [4.69, 9.17) is 18.3 Å². The van der Waals surface area contributed by atoms with Gasteiger partial charge in [0.2, 0.25) is 0 Å². The molecular formula is C12H12FN5O3. The molecule has 0 saturated carbocycles. The van der Waals surface area contributed by atoms with Gasteiger partial charge in [-0.3, -0.25) is 4.57 Å². The second-order valence-electron chi connectivity index (χ2n) is 4.57. The zero-order valence-corrected chi connectivity index (χ0v) is 10.7. The molecule has 110 valence electrons. The number of nitrogens with two attached hydrogens (primary N) is 1. The Morgan fingerprint density at radius 2 is 2.48 bits per heavy atom. The van der Waals surface area contributed by atoms with Crippen LogP contribution >= 0.6 is 0 Å². The van der Waals surface area contributed by atoms with Crippen LogP contribution in [-0.2, 0) is 4.74 Å². The molecule has 3 heterocycles. The molecule has 0 aliphatic carbocycles. The van der Waals surface area contributed by atoms with Crippen LogP contribution in [0.1, 0.15) is 14.0 Å². The van der Waals surface area contributed by atoms with E-state index in [1.165, 1.54) is 6.33 Å². The molecule has 9 heteroatoms. The number of hydrogen-bond acceptors (Lipinski definition) is 7. The molecular weight excluding hydrogens is 281 g/mol. The molecule has 0 unspecified atom stereocenters. The van der Waals surface area contributed by atoms with E-state index in [9.17, 15) is 14.6 Å². The van der Waals surface area contributed by atoms with Crippen molar-refractivity contribution in [3.05, 3.63) is 12.4 Å². The number of hydrogen-bond donors (Lipinski definition) is 3. The third-order valence-corrected chi connectivity index (χ3v) is 3.35. The predicted octanol–water partition coefficient (Wildman–Crippen LogP) is -0.808. The number of aliphatic hydroxyl groups excluding tert-OH is 2. The summed E-state index contributed by atoms with van der Waals surface area (Å²) in [6.07, 6.45) is 1.90. The van der Waals surface area contributed by atoms with Gasteiger partial charge in [-0.1, -0.05) is 5.92 Å². The highest BCUT2D eigenvalue weighted by molar-refractivity contribution is 5.81. The second kappa shape index (κ2) is 4.63. The highest BCUT2D eigenvalue weighted by Crippen LogP contribution is 2.37. The molecule has 21 heavy (non-hydrogen) atoms. The van der Waals surface area contributed by atoms with E-state index in [1.54, 1.807) is 0 Å². The molecule has 3 rings (SSSR count). The lowest BCUT2D eigenvalue weighted by atomic mass is 9.99. The molecule has 2 aromatic heterocycles. The average molecular weight is 294 g/mol. The van der Waals surface area contributed by atoms with E-state index in [0.717, 1.165) is 4.57 Å². The highest BCUT2D eigenvalue weighted by Gasteiger charge is 2.47. The predicted molar refractivity (Wildman–Crippen MR) is 69.1 cm³/mol. The molecule has 0 amide bonds. The Balaban J connectivity index is 2.14. The molecule has 3 atom stereocenters. The number of imidazole rings is 1. The minimum absolute atomic E-state index is 0.0713. The van der Waals surface area contributed by atoms with Crippen LogP contribution in [0.3, 0.4) is 0 Å². The number of aromatic nitrogens is 4. The van der Waals surface area contributed by atoms with E-state index in [0.29, 0.717) is 0 Å². The van der Waals surface area contributed by atoms with E-state index in [2.05, 4.69) is 20.9 Å². The Labute approximate surface area is 119 Å². The second-order valence-corrected chi connectivity index (χ2v) is 4.57. The fraction of sp³-hybridized carbons (Fsp3) is 0.417. The summed E-state index contributed by atoms with van der Waals surface area (Å²) in [6, 6.07) is 0. The Kier molecular flexibility index (Phi) is 2.75. The third kappa shape index (κ3) is 1.92. The first kappa shape index (κ1) is 12.5. The summed E-state index contributed by atoms with van der Waals surface area (Å²) in [7, 11) is 0. The Morgan fingerprint density at radius 1 is 1.71 bits per heavy atom. The molecule has 0 aromatic carbocycles. The van der Waals surface area contributed by atoms with Crippen molar-refractivity contribution in [3.63, 3.8) is 0 Å². The van der Waals surface area contributed by atoms with Gasteiger partial charge < -0.3 is 20.7 Å². The van der Waals surface area contributed by atoms with Gasteiger partial charge in [0.15, 0.2) is 22.6 Å². The third-order valence-electron chi connectivity index (χ3n) is 3.35. The molecule has 1 fully saturated rings. The van der Waals surface area contributed by atoms with Gasteiger partial charge in [0.05, 0.1) is 14.3 Å². The molecule has 0 spiro atoms. The first-order valence-electron chi connectivity index (χ1n) is 6.48. The molecule has 2 aromatic rings. The van der Waals surface area contributed by atoms with Crippen LogP contribution in [0.2, 0.25) is 0 Å². The Bertz CT molecular complexity index is 793. The Morgan fingerprint density at radius 3 is 3.10 bits per heavy atom. The van der Waals surface area contributed by atoms with Crippen LogP contribution < -0.4 is 5.73 Å². The molecule has 1 aliphatic heterocycles. The fourth-order valence-corrected chi connectivity index (χ4v) is 2.18. The molecule has 0 bridgehead atoms. The molecule has 8 nitrogen and oxygen atoms in total. The molecule has 4 N–H and O–H groups in total. The van der Waals surface area contributed by atoms with Gasteiger partial charge in [0.1, 0.15) is 12.3 Å². The topological polar surface area (TPSA) is 119 Å². The van der Waals surface area contributed by atoms with Gasteiger partial charge in [-0.2, -0.15) is 14.4 Å². The Hall–Kier alpha value is -2.28. The summed E-state index contributed by atoms with van der Waals surface area (Å²) < 4.78 is 28.2. The summed E-state index contributed by atoms with van der Waals surface area (Å²) in [6.45, 7) is -0.677. The summed E-state index contributed by atoms with van der Waals surface area (Å²) >= 11 is 0. The fourth-order valence-electron chi connectivity index (χ4n) is 2.18. The van der Waals surface area contributed by atoms with Crippen molar-refractivity contribution in [1.29, 1.82) is 0 Å². The number of terminal acetylenes is 1. The SMILES string of the molecule is [2H][C@]1(n2cnc3c(N)nc(F)nc32)C[C@H](O)[C@@](C#C)(CO)O1. The first-order chi connectivity index (χ1) is 10.3. The van der Waals surface area contributed by atoms with Gasteiger partial charge in [-0.05, 0) is 0 Å². The lowest BCUT2D eigenvalue weighted by Crippen LogP contribution is -2.41. The van der Waals surface area contributed by atoms with Crippen LogP contribution in [0.15, 0.2) is 6.33 Å². The summed E-state index contributed by atoms with van der Waals surface area (Å²) in [5.41, 5.74) is 3.85. The monoisotopic (exact) mass is 294 g/mol. The van der Waals surface area contributed by atoms with E-state index in [1.807, 2.05) is 0 Å². The number of aliphatic hydroxyl groups is 2. The maximum atomic E-state index is 13.4. The quantitative estimate of drug-likeness (QED) is 0.489. The van der Waals surface area contributed by atoms with Crippen LogP contribution in [0.25, 0.3) is 11.2 Å². The number of ether oxygens (including phenoxy) is 1. The van der Waals surface area contributed by atoms with Crippen LogP contribution in [0.4, 0.5) is 10.2 Å². The van der Waals surface area contributed by atoms with Crippen LogP contribution in [0, 0.1) is 18.4 Å². The summed E-state index contributed by atoms with van der Waals surface area (Å²) in [5.74, 6) is 1.97. The van der Waals surface area contributed by atoms with Crippen LogP contribution in [0.5, 0.6) is 0 Å². The summed E-state index contributed by atoms with van der Waals surface area (Å²) in [4.78, 5) is 10.8. The van der Waals surface area contributed by atoms with Gasteiger partial charge >= 0.3 is 6.08 Å². The molecule has 1 aliphatic rings. The number of nitrogen functional groups attached to an aromatic ring is 1. The zero-order chi connectivity index (χ0) is 16.1. The van der Waals surface area contributed by atoms with E-state index < -0.39 is 30.6 Å². The standard InChI is InChI=1S/C12H12FN5O3/c1-2-12(4-19)6(20)3-7(21-12)18-5-15-8-9(14)16-11(13)17-10(8)18/h1,5-7,19-20H,3-4H2,(H2,14,16,17)/t6-,7+,12+/m0/s1/i7D. The largest absolute Gasteiger partial charge is 0.392 e. The van der Waals surface area contributed by atoms with Crippen molar-refractivity contribution in [3.8, 4) is 12.3 Å². The minimum Gasteiger partial charge on any atom is -0.392 e. The minimum atomic E-state index is -1.92. The number of anilines is 1. The lowest BCUT2D eigenvalue weighted by Gasteiger charge is -2.23. The van der Waals surface area contributed by atoms with E-state index in [-0.39, 0.29) is 23.4 Å². The smallest absolute Gasteiger partial charge is 0.312 e. The van der Waals surface area contributed by atoms with Gasteiger partial charge in [-0.25, -0.2) is 4.98 Å². The van der Waals surface area contributed by atoms with Crippen molar-refractivity contribution in [2.45, 2.75) is 24.3 Å². The normalized spacial score (nSPS) is 33.0.